The molecule has 2 aliphatic heterocycles. The van der Waals surface area contributed by atoms with Crippen molar-refractivity contribution in [3.05, 3.63) is 94.8 Å². The molecule has 33 heavy (non-hydrogen) atoms. The molecule has 0 radical (unpaired) electrons. The number of aliphatic hydroxyl groups is 1. The van der Waals surface area contributed by atoms with Crippen LogP contribution in [0, 0.1) is 6.92 Å². The third-order valence-electron chi connectivity index (χ3n) is 5.85. The van der Waals surface area contributed by atoms with Gasteiger partial charge in [0.05, 0.1) is 11.6 Å². The SMILES string of the molecule is Cc1ccc(C2C(=C(O)c3ccc4c(c3)OCCO4)C(=O)C(=O)N2Cc2ccncc2)cc1. The molecule has 5 rings (SSSR count). The molecule has 2 aromatic carbocycles. The van der Waals surface area contributed by atoms with Gasteiger partial charge in [0.15, 0.2) is 11.5 Å². The highest BCUT2D eigenvalue weighted by Crippen LogP contribution is 2.41. The summed E-state index contributed by atoms with van der Waals surface area (Å²) in [6, 6.07) is 15.4. The van der Waals surface area contributed by atoms with E-state index in [0.29, 0.717) is 30.3 Å². The summed E-state index contributed by atoms with van der Waals surface area (Å²) in [6.07, 6.45) is 3.28. The summed E-state index contributed by atoms with van der Waals surface area (Å²) in [6.45, 7) is 3.03. The van der Waals surface area contributed by atoms with E-state index < -0.39 is 17.7 Å². The van der Waals surface area contributed by atoms with E-state index in [1.54, 1.807) is 42.7 Å². The molecule has 166 valence electrons. The van der Waals surface area contributed by atoms with Crippen molar-refractivity contribution >= 4 is 17.4 Å². The summed E-state index contributed by atoms with van der Waals surface area (Å²) in [7, 11) is 0. The van der Waals surface area contributed by atoms with Gasteiger partial charge >= 0.3 is 0 Å². The summed E-state index contributed by atoms with van der Waals surface area (Å²) in [5, 5.41) is 11.3. The first-order chi connectivity index (χ1) is 16.0. The molecule has 1 amide bonds. The Bertz CT molecular complexity index is 1250. The lowest BCUT2D eigenvalue weighted by Gasteiger charge is -2.25. The van der Waals surface area contributed by atoms with Crippen LogP contribution in [0.3, 0.4) is 0 Å². The fourth-order valence-corrected chi connectivity index (χ4v) is 4.17. The largest absolute Gasteiger partial charge is 0.507 e. The van der Waals surface area contributed by atoms with Crippen LogP contribution in [0.5, 0.6) is 11.5 Å². The number of carbonyl (C=O) groups excluding carboxylic acids is 2. The van der Waals surface area contributed by atoms with Gasteiger partial charge in [-0.1, -0.05) is 29.8 Å². The number of aromatic nitrogens is 1. The van der Waals surface area contributed by atoms with Crippen molar-refractivity contribution in [1.29, 1.82) is 0 Å². The number of rotatable bonds is 4. The van der Waals surface area contributed by atoms with Crippen LogP contribution < -0.4 is 9.47 Å². The van der Waals surface area contributed by atoms with Crippen molar-refractivity contribution in [3.63, 3.8) is 0 Å². The molecule has 0 saturated carbocycles. The first-order valence-electron chi connectivity index (χ1n) is 10.7. The van der Waals surface area contributed by atoms with Crippen LogP contribution in [-0.4, -0.2) is 39.9 Å². The van der Waals surface area contributed by atoms with Gasteiger partial charge in [-0.2, -0.15) is 0 Å². The number of Topliss-reactive ketones (excluding diaryl/α,β-unsaturated/α-hetero) is 1. The number of ketones is 1. The van der Waals surface area contributed by atoms with E-state index >= 15 is 0 Å². The zero-order chi connectivity index (χ0) is 22.9. The fraction of sp³-hybridized carbons (Fsp3) is 0.192. The molecular weight excluding hydrogens is 420 g/mol. The number of ether oxygens (including phenoxy) is 2. The molecule has 1 unspecified atom stereocenters. The highest BCUT2D eigenvalue weighted by molar-refractivity contribution is 6.46. The number of benzene rings is 2. The summed E-state index contributed by atoms with van der Waals surface area (Å²) in [5.41, 5.74) is 3.07. The number of aliphatic hydroxyl groups excluding tert-OH is 1. The molecule has 1 aromatic heterocycles. The van der Waals surface area contributed by atoms with Gasteiger partial charge in [0, 0.05) is 24.5 Å². The molecule has 1 saturated heterocycles. The Morgan fingerprint density at radius 2 is 1.70 bits per heavy atom. The normalized spacial score (nSPS) is 19.1. The van der Waals surface area contributed by atoms with Crippen molar-refractivity contribution in [3.8, 4) is 11.5 Å². The van der Waals surface area contributed by atoms with Crippen molar-refractivity contribution in [2.24, 2.45) is 0 Å². The average Bonchev–Trinajstić information content (AvgIpc) is 3.09. The molecule has 1 fully saturated rings. The van der Waals surface area contributed by atoms with Gasteiger partial charge < -0.3 is 19.5 Å². The molecule has 3 heterocycles. The van der Waals surface area contributed by atoms with Crippen molar-refractivity contribution in [1.82, 2.24) is 9.88 Å². The number of pyridine rings is 1. The third-order valence-corrected chi connectivity index (χ3v) is 5.85. The Kier molecular flexibility index (Phi) is 5.30. The minimum atomic E-state index is -0.730. The highest BCUT2D eigenvalue weighted by atomic mass is 16.6. The number of hydrogen-bond acceptors (Lipinski definition) is 6. The van der Waals surface area contributed by atoms with E-state index in [4.69, 9.17) is 9.47 Å². The second kappa shape index (κ2) is 8.43. The maximum atomic E-state index is 13.2. The van der Waals surface area contributed by atoms with Crippen LogP contribution in [0.2, 0.25) is 0 Å². The fourth-order valence-electron chi connectivity index (χ4n) is 4.17. The number of aryl methyl sites for hydroxylation is 1. The molecule has 1 atom stereocenters. The first-order valence-corrected chi connectivity index (χ1v) is 10.7. The second-order valence-corrected chi connectivity index (χ2v) is 8.05. The Hall–Kier alpha value is -4.13. The van der Waals surface area contributed by atoms with Gasteiger partial charge in [0.1, 0.15) is 19.0 Å². The summed E-state index contributed by atoms with van der Waals surface area (Å²) < 4.78 is 11.2. The Labute approximate surface area is 190 Å². The van der Waals surface area contributed by atoms with Gasteiger partial charge in [-0.05, 0) is 48.4 Å². The maximum Gasteiger partial charge on any atom is 0.295 e. The number of amides is 1. The molecule has 0 spiro atoms. The predicted octanol–water partition coefficient (Wildman–Crippen LogP) is 3.78. The van der Waals surface area contributed by atoms with Crippen LogP contribution in [-0.2, 0) is 16.1 Å². The zero-order valence-electron chi connectivity index (χ0n) is 18.0. The second-order valence-electron chi connectivity index (χ2n) is 8.05. The Balaban J connectivity index is 1.63. The van der Waals surface area contributed by atoms with Crippen LogP contribution in [0.1, 0.15) is 28.3 Å². The van der Waals surface area contributed by atoms with E-state index in [1.807, 2.05) is 31.2 Å². The monoisotopic (exact) mass is 442 g/mol. The van der Waals surface area contributed by atoms with Crippen LogP contribution >= 0.6 is 0 Å². The quantitative estimate of drug-likeness (QED) is 0.376. The smallest absolute Gasteiger partial charge is 0.295 e. The van der Waals surface area contributed by atoms with Gasteiger partial charge in [0.25, 0.3) is 11.7 Å². The molecular formula is C26H22N2O5. The molecule has 7 heteroatoms. The lowest BCUT2D eigenvalue weighted by Crippen LogP contribution is -2.29. The summed E-state index contributed by atoms with van der Waals surface area (Å²) in [4.78, 5) is 31.8. The molecule has 0 bridgehead atoms. The third kappa shape index (κ3) is 3.82. The average molecular weight is 442 g/mol. The van der Waals surface area contributed by atoms with Gasteiger partial charge in [-0.3, -0.25) is 14.6 Å². The molecule has 1 N–H and O–H groups in total. The Morgan fingerprint density at radius 1 is 1.00 bits per heavy atom. The first kappa shape index (κ1) is 20.8. The molecule has 0 aliphatic carbocycles. The van der Waals surface area contributed by atoms with Crippen LogP contribution in [0.15, 0.2) is 72.6 Å². The van der Waals surface area contributed by atoms with E-state index in [2.05, 4.69) is 4.98 Å². The molecule has 2 aliphatic rings. The standard InChI is InChI=1S/C26H22N2O5/c1-16-2-4-18(5-3-16)23-22(24(29)19-6-7-20-21(14-19)33-13-12-32-20)25(30)26(31)28(23)15-17-8-10-27-11-9-17/h2-11,14,23,29H,12-13,15H2,1H3. The number of hydrogen-bond donors (Lipinski definition) is 1. The zero-order valence-corrected chi connectivity index (χ0v) is 18.0. The van der Waals surface area contributed by atoms with E-state index in [1.165, 1.54) is 4.90 Å². The number of fused-ring (bicyclic) bond motifs is 1. The van der Waals surface area contributed by atoms with Gasteiger partial charge in [0.2, 0.25) is 0 Å². The minimum absolute atomic E-state index is 0.0505. The van der Waals surface area contributed by atoms with Crippen molar-refractivity contribution in [2.45, 2.75) is 19.5 Å². The number of carbonyl (C=O) groups is 2. The van der Waals surface area contributed by atoms with E-state index in [9.17, 15) is 14.7 Å². The minimum Gasteiger partial charge on any atom is -0.507 e. The van der Waals surface area contributed by atoms with Gasteiger partial charge in [-0.25, -0.2) is 0 Å². The maximum absolute atomic E-state index is 13.2. The van der Waals surface area contributed by atoms with Crippen LogP contribution in [0.25, 0.3) is 5.76 Å². The van der Waals surface area contributed by atoms with Crippen molar-refractivity contribution < 1.29 is 24.2 Å². The lowest BCUT2D eigenvalue weighted by molar-refractivity contribution is -0.140. The summed E-state index contributed by atoms with van der Waals surface area (Å²) in [5.74, 6) is -0.555. The number of likely N-dealkylation sites (tertiary alicyclic amines) is 1. The Morgan fingerprint density at radius 3 is 2.42 bits per heavy atom. The van der Waals surface area contributed by atoms with Crippen molar-refractivity contribution in [2.75, 3.05) is 13.2 Å². The van der Waals surface area contributed by atoms with E-state index in [-0.39, 0.29) is 17.9 Å². The highest BCUT2D eigenvalue weighted by Gasteiger charge is 2.46. The predicted molar refractivity (Wildman–Crippen MR) is 121 cm³/mol. The lowest BCUT2D eigenvalue weighted by atomic mass is 9.94. The molecule has 7 nitrogen and oxygen atoms in total. The topological polar surface area (TPSA) is 89.0 Å². The number of nitrogens with zero attached hydrogens (tertiary/aromatic N) is 2. The summed E-state index contributed by atoms with van der Waals surface area (Å²) >= 11 is 0. The molecule has 3 aromatic rings. The van der Waals surface area contributed by atoms with Crippen LogP contribution in [0.4, 0.5) is 0 Å². The van der Waals surface area contributed by atoms with Gasteiger partial charge in [-0.15, -0.1) is 0 Å². The van der Waals surface area contributed by atoms with E-state index in [0.717, 1.165) is 16.7 Å².